The van der Waals surface area contributed by atoms with Crippen LogP contribution in [-0.2, 0) is 48.0 Å². The molecule has 0 amide bonds. The predicted molar refractivity (Wildman–Crippen MR) is 155 cm³/mol. The smallest absolute Gasteiger partial charge is 0.201 e. The minimum absolute atomic E-state index is 0.0117. The van der Waals surface area contributed by atoms with Crippen LogP contribution in [0.25, 0.3) is 0 Å². The Morgan fingerprint density at radius 2 is 1.09 bits per heavy atom. The summed E-state index contributed by atoms with van der Waals surface area (Å²) in [4.78, 5) is 24.3. The van der Waals surface area contributed by atoms with E-state index in [-0.39, 0.29) is 48.7 Å². The van der Waals surface area contributed by atoms with E-state index in [0.29, 0.717) is 17.5 Å². The van der Waals surface area contributed by atoms with Crippen molar-refractivity contribution in [3.63, 3.8) is 0 Å². The Kier molecular flexibility index (Phi) is 7.69. The summed E-state index contributed by atoms with van der Waals surface area (Å²) in [7, 11) is 0. The van der Waals surface area contributed by atoms with Crippen molar-refractivity contribution in [2.45, 2.75) is 141 Å². The number of hydrogen-bond donors (Lipinski definition) is 1. The predicted octanol–water partition coefficient (Wildman–Crippen LogP) is 5.27. The Hall–Kier alpha value is -0.930. The lowest BCUT2D eigenvalue weighted by atomic mass is 9.58. The van der Waals surface area contributed by atoms with E-state index in [1.165, 1.54) is 0 Å². The van der Waals surface area contributed by atoms with Gasteiger partial charge in [0.2, 0.25) is 11.6 Å². The standard InChI is InChI=1S/C33H51NO11/c1-17-7-9-24-19(3)26(38-28-32(24)22(17)11-13-30(5,40-28)42-44-32)36-15-21(34-35)16-37-27-20(4)25-10-8-18(2)23-12-14-31(6)41-29(39-27)33(23,25)45-43-31/h17-20,22-29,35H,7-16H2,1-6H3/b34-21-/t17-,18-,19-,20-,22+,23+,24+,25+,26+,27+,28?,29-,30-,31-,32-,33-/m1/s1. The van der Waals surface area contributed by atoms with Crippen molar-refractivity contribution >= 4 is 5.71 Å². The third-order valence-electron chi connectivity index (χ3n) is 13.2. The number of rotatable bonds is 6. The molecular formula is C33H51NO11. The first-order chi connectivity index (χ1) is 21.5. The first kappa shape index (κ1) is 31.3. The van der Waals surface area contributed by atoms with Gasteiger partial charge in [-0.25, -0.2) is 19.6 Å². The summed E-state index contributed by atoms with van der Waals surface area (Å²) in [6.07, 6.45) is 5.28. The highest BCUT2D eigenvalue weighted by atomic mass is 17.3. The van der Waals surface area contributed by atoms with Gasteiger partial charge in [0.05, 0.1) is 13.2 Å². The lowest BCUT2D eigenvalue weighted by Gasteiger charge is -2.60. The van der Waals surface area contributed by atoms with Gasteiger partial charge in [-0.05, 0) is 76.0 Å². The van der Waals surface area contributed by atoms with Crippen molar-refractivity contribution in [2.24, 2.45) is 52.5 Å². The molecule has 0 aromatic rings. The molecule has 1 unspecified atom stereocenters. The maximum atomic E-state index is 9.97. The minimum Gasteiger partial charge on any atom is -0.411 e. The van der Waals surface area contributed by atoms with E-state index in [4.69, 9.17) is 48.0 Å². The summed E-state index contributed by atoms with van der Waals surface area (Å²) in [6.45, 7) is 12.8. The second kappa shape index (κ2) is 11.0. The summed E-state index contributed by atoms with van der Waals surface area (Å²) >= 11 is 0. The van der Waals surface area contributed by atoms with Crippen molar-refractivity contribution in [2.75, 3.05) is 13.2 Å². The second-order valence-corrected chi connectivity index (χ2v) is 15.8. The molecule has 0 radical (unpaired) electrons. The maximum absolute atomic E-state index is 9.97. The van der Waals surface area contributed by atoms with Crippen LogP contribution >= 0.6 is 0 Å². The van der Waals surface area contributed by atoms with Crippen LogP contribution in [0, 0.1) is 47.3 Å². The summed E-state index contributed by atoms with van der Waals surface area (Å²) in [6, 6.07) is 0. The zero-order chi connectivity index (χ0) is 31.4. The fraction of sp³-hybridized carbons (Fsp3) is 0.970. The molecule has 16 atom stereocenters. The molecule has 12 heteroatoms. The molecule has 45 heavy (non-hydrogen) atoms. The number of hydrogen-bond acceptors (Lipinski definition) is 12. The fourth-order valence-corrected chi connectivity index (χ4v) is 10.6. The normalized spacial score (nSPS) is 57.1. The summed E-state index contributed by atoms with van der Waals surface area (Å²) in [5.74, 6) is 0.135. The van der Waals surface area contributed by atoms with Crippen LogP contribution in [0.15, 0.2) is 5.16 Å². The number of oxime groups is 1. The van der Waals surface area contributed by atoms with Crippen LogP contribution < -0.4 is 0 Å². The number of fused-ring (bicyclic) bond motifs is 4. The molecular weight excluding hydrogens is 586 g/mol. The van der Waals surface area contributed by atoms with E-state index in [1.807, 2.05) is 13.8 Å². The van der Waals surface area contributed by atoms with Gasteiger partial charge in [-0.3, -0.25) is 0 Å². The average molecular weight is 638 g/mol. The van der Waals surface area contributed by atoms with Crippen LogP contribution in [0.3, 0.4) is 0 Å². The van der Waals surface area contributed by atoms with Gasteiger partial charge in [-0.15, -0.1) is 0 Å². The zero-order valence-corrected chi connectivity index (χ0v) is 27.5. The second-order valence-electron chi connectivity index (χ2n) is 15.8. The molecule has 4 bridgehead atoms. The molecule has 0 aromatic heterocycles. The van der Waals surface area contributed by atoms with Crippen molar-refractivity contribution in [3.05, 3.63) is 0 Å². The Morgan fingerprint density at radius 3 is 1.51 bits per heavy atom. The molecule has 2 spiro atoms. The summed E-state index contributed by atoms with van der Waals surface area (Å²) < 4.78 is 38.6. The lowest BCUT2D eigenvalue weighted by molar-refractivity contribution is -0.577. The SMILES string of the molecule is C[C@H]1[C@@H](OC/C(CO[C@H]2O[C@@H]3O[C@@]4(C)CC[C@H]5[C@H](C)CC[C@@H]([C@H]2C)[C@@]35OO4)=N/O)OC2O[C@@]3(C)CC[C@H]4[C@H](C)CC[C@@H]1[C@@]24OO3. The molecule has 8 heterocycles. The van der Waals surface area contributed by atoms with E-state index in [0.717, 1.165) is 51.4 Å². The van der Waals surface area contributed by atoms with Crippen LogP contribution in [0.2, 0.25) is 0 Å². The van der Waals surface area contributed by atoms with E-state index in [1.54, 1.807) is 0 Å². The number of nitrogens with zero attached hydrogens (tertiary/aromatic N) is 1. The Labute approximate surface area is 265 Å². The molecule has 0 aromatic carbocycles. The van der Waals surface area contributed by atoms with Crippen LogP contribution in [0.1, 0.15) is 92.9 Å². The maximum Gasteiger partial charge on any atom is 0.201 e. The molecule has 8 aliphatic heterocycles. The van der Waals surface area contributed by atoms with Gasteiger partial charge >= 0.3 is 0 Å². The highest BCUT2D eigenvalue weighted by molar-refractivity contribution is 5.86. The van der Waals surface area contributed by atoms with E-state index < -0.39 is 47.9 Å². The quantitative estimate of drug-likeness (QED) is 0.177. The lowest BCUT2D eigenvalue weighted by Crippen LogP contribution is -2.70. The van der Waals surface area contributed by atoms with Crippen molar-refractivity contribution in [1.29, 1.82) is 0 Å². The van der Waals surface area contributed by atoms with Gasteiger partial charge in [0.25, 0.3) is 0 Å². The Morgan fingerprint density at radius 1 is 0.644 bits per heavy atom. The van der Waals surface area contributed by atoms with Crippen molar-refractivity contribution < 1.29 is 53.2 Å². The molecule has 10 rings (SSSR count). The average Bonchev–Trinajstić information content (AvgIpc) is 3.39. The zero-order valence-electron chi connectivity index (χ0n) is 27.5. The van der Waals surface area contributed by atoms with Gasteiger partial charge < -0.3 is 33.6 Å². The topological polar surface area (TPSA) is 125 Å². The molecule has 2 saturated carbocycles. The van der Waals surface area contributed by atoms with E-state index in [9.17, 15) is 5.21 Å². The van der Waals surface area contributed by atoms with E-state index >= 15 is 0 Å². The van der Waals surface area contributed by atoms with Gasteiger partial charge in [-0.1, -0.05) is 32.9 Å². The monoisotopic (exact) mass is 637 g/mol. The molecule has 12 nitrogen and oxygen atoms in total. The van der Waals surface area contributed by atoms with Crippen LogP contribution in [0.5, 0.6) is 0 Å². The Bertz CT molecular complexity index is 1090. The molecule has 254 valence electrons. The molecule has 2 aliphatic carbocycles. The molecule has 8 saturated heterocycles. The number of ether oxygens (including phenoxy) is 6. The molecule has 1 N–H and O–H groups in total. The summed E-state index contributed by atoms with van der Waals surface area (Å²) in [5.41, 5.74) is -0.967. The van der Waals surface area contributed by atoms with Gasteiger partial charge in [0, 0.05) is 36.5 Å². The van der Waals surface area contributed by atoms with Crippen LogP contribution in [0.4, 0.5) is 0 Å². The van der Waals surface area contributed by atoms with Crippen molar-refractivity contribution in [1.82, 2.24) is 0 Å². The minimum atomic E-state index is -0.852. The highest BCUT2D eigenvalue weighted by Crippen LogP contribution is 2.62. The largest absolute Gasteiger partial charge is 0.411 e. The Balaban J connectivity index is 0.936. The first-order valence-electron chi connectivity index (χ1n) is 17.3. The molecule has 10 aliphatic rings. The molecule has 10 fully saturated rings. The first-order valence-corrected chi connectivity index (χ1v) is 17.3. The summed E-state index contributed by atoms with van der Waals surface area (Å²) in [5, 5.41) is 13.5. The van der Waals surface area contributed by atoms with Crippen LogP contribution in [-0.4, -0.2) is 72.1 Å². The van der Waals surface area contributed by atoms with Gasteiger partial charge in [-0.2, -0.15) is 0 Å². The third kappa shape index (κ3) is 4.64. The van der Waals surface area contributed by atoms with Gasteiger partial charge in [0.15, 0.2) is 36.4 Å². The van der Waals surface area contributed by atoms with E-state index in [2.05, 4.69) is 32.9 Å². The third-order valence-corrected chi connectivity index (χ3v) is 13.2. The van der Waals surface area contributed by atoms with Crippen molar-refractivity contribution in [3.8, 4) is 0 Å². The van der Waals surface area contributed by atoms with Gasteiger partial charge in [0.1, 0.15) is 5.71 Å². The highest BCUT2D eigenvalue weighted by Gasteiger charge is 2.71. The fourth-order valence-electron chi connectivity index (χ4n) is 10.6.